The van der Waals surface area contributed by atoms with E-state index >= 15 is 0 Å². The lowest BCUT2D eigenvalue weighted by atomic mass is 10.0. The first-order chi connectivity index (χ1) is 8.78. The van der Waals surface area contributed by atoms with E-state index in [-0.39, 0.29) is 18.8 Å². The van der Waals surface area contributed by atoms with Crippen molar-refractivity contribution in [2.24, 2.45) is 0 Å². The standard InChI is InChI=1S/C13H15NO4/c1-16-13(15)10-4-5-14(10)7-9-2-3-11-12(6-9)18-8-17-11/h2-3,6,10H,4-5,7-8H2,1H3. The van der Waals surface area contributed by atoms with Crippen LogP contribution in [0.1, 0.15) is 12.0 Å². The second-order valence-electron chi connectivity index (χ2n) is 4.49. The minimum Gasteiger partial charge on any atom is -0.468 e. The molecule has 0 amide bonds. The van der Waals surface area contributed by atoms with E-state index in [0.29, 0.717) is 0 Å². The van der Waals surface area contributed by atoms with Crippen molar-refractivity contribution in [3.63, 3.8) is 0 Å². The molecule has 0 radical (unpaired) electrons. The summed E-state index contributed by atoms with van der Waals surface area (Å²) in [7, 11) is 1.43. The second-order valence-corrected chi connectivity index (χ2v) is 4.49. The third-order valence-electron chi connectivity index (χ3n) is 3.43. The van der Waals surface area contributed by atoms with Crippen molar-refractivity contribution in [2.45, 2.75) is 19.0 Å². The number of nitrogens with zero attached hydrogens (tertiary/aromatic N) is 1. The molecule has 0 aromatic heterocycles. The van der Waals surface area contributed by atoms with Gasteiger partial charge in [-0.3, -0.25) is 9.69 Å². The fourth-order valence-electron chi connectivity index (χ4n) is 2.31. The summed E-state index contributed by atoms with van der Waals surface area (Å²) in [5.74, 6) is 1.41. The maximum absolute atomic E-state index is 11.5. The van der Waals surface area contributed by atoms with Gasteiger partial charge in [-0.2, -0.15) is 0 Å². The fourth-order valence-corrected chi connectivity index (χ4v) is 2.31. The number of rotatable bonds is 3. The third-order valence-corrected chi connectivity index (χ3v) is 3.43. The van der Waals surface area contributed by atoms with Crippen molar-refractivity contribution < 1.29 is 19.0 Å². The van der Waals surface area contributed by atoms with E-state index in [9.17, 15) is 4.79 Å². The molecule has 1 aromatic carbocycles. The molecule has 1 aromatic rings. The van der Waals surface area contributed by atoms with Crippen LogP contribution in [0.3, 0.4) is 0 Å². The van der Waals surface area contributed by atoms with Crippen LogP contribution in [0, 0.1) is 0 Å². The molecule has 96 valence electrons. The van der Waals surface area contributed by atoms with Gasteiger partial charge in [-0.25, -0.2) is 0 Å². The van der Waals surface area contributed by atoms with E-state index in [1.807, 2.05) is 18.2 Å². The van der Waals surface area contributed by atoms with E-state index in [1.165, 1.54) is 7.11 Å². The molecule has 0 N–H and O–H groups in total. The summed E-state index contributed by atoms with van der Waals surface area (Å²) in [5.41, 5.74) is 1.12. The maximum Gasteiger partial charge on any atom is 0.323 e. The molecule has 1 unspecified atom stereocenters. The third kappa shape index (κ3) is 1.90. The van der Waals surface area contributed by atoms with Gasteiger partial charge in [0.25, 0.3) is 0 Å². The van der Waals surface area contributed by atoms with Crippen LogP contribution in [0.15, 0.2) is 18.2 Å². The normalized spacial score (nSPS) is 21.5. The SMILES string of the molecule is COC(=O)C1CCN1Cc1ccc2c(c1)OCO2. The Morgan fingerprint density at radius 3 is 3.00 bits per heavy atom. The van der Waals surface area contributed by atoms with Crippen LogP contribution in [-0.4, -0.2) is 37.4 Å². The van der Waals surface area contributed by atoms with Crippen molar-refractivity contribution in [2.75, 3.05) is 20.4 Å². The molecule has 2 heterocycles. The number of benzene rings is 1. The number of esters is 1. The molecule has 5 heteroatoms. The quantitative estimate of drug-likeness (QED) is 0.752. The Morgan fingerprint density at radius 1 is 1.44 bits per heavy atom. The van der Waals surface area contributed by atoms with Gasteiger partial charge in [-0.1, -0.05) is 6.07 Å². The van der Waals surface area contributed by atoms with Crippen LogP contribution in [0.5, 0.6) is 11.5 Å². The zero-order valence-corrected chi connectivity index (χ0v) is 10.2. The Morgan fingerprint density at radius 2 is 2.28 bits per heavy atom. The van der Waals surface area contributed by atoms with E-state index in [2.05, 4.69) is 4.90 Å². The van der Waals surface area contributed by atoms with E-state index in [0.717, 1.165) is 36.6 Å². The van der Waals surface area contributed by atoms with Crippen LogP contribution < -0.4 is 9.47 Å². The molecule has 1 fully saturated rings. The number of carbonyl (C=O) groups is 1. The predicted molar refractivity (Wildman–Crippen MR) is 63.4 cm³/mol. The molecule has 1 saturated heterocycles. The molecule has 18 heavy (non-hydrogen) atoms. The van der Waals surface area contributed by atoms with Gasteiger partial charge < -0.3 is 14.2 Å². The zero-order valence-electron chi connectivity index (χ0n) is 10.2. The molecule has 0 bridgehead atoms. The zero-order chi connectivity index (χ0) is 12.5. The first-order valence-corrected chi connectivity index (χ1v) is 5.98. The minimum atomic E-state index is -0.151. The Hall–Kier alpha value is -1.75. The Bertz CT molecular complexity index is 474. The highest BCUT2D eigenvalue weighted by molar-refractivity contribution is 5.76. The molecule has 2 aliphatic heterocycles. The number of carbonyl (C=O) groups excluding carboxylic acids is 1. The predicted octanol–water partition coefficient (Wildman–Crippen LogP) is 1.16. The van der Waals surface area contributed by atoms with Crippen LogP contribution in [0.25, 0.3) is 0 Å². The van der Waals surface area contributed by atoms with Crippen molar-refractivity contribution in [3.05, 3.63) is 23.8 Å². The van der Waals surface area contributed by atoms with Crippen LogP contribution in [0.2, 0.25) is 0 Å². The highest BCUT2D eigenvalue weighted by Gasteiger charge is 2.34. The number of likely N-dealkylation sites (tertiary alicyclic amines) is 1. The fraction of sp³-hybridized carbons (Fsp3) is 0.462. The molecule has 0 saturated carbocycles. The second kappa shape index (κ2) is 4.49. The lowest BCUT2D eigenvalue weighted by Crippen LogP contribution is -2.52. The number of hydrogen-bond acceptors (Lipinski definition) is 5. The smallest absolute Gasteiger partial charge is 0.323 e. The number of methoxy groups -OCH3 is 1. The Kier molecular flexibility index (Phi) is 2.83. The summed E-state index contributed by atoms with van der Waals surface area (Å²) >= 11 is 0. The Balaban J connectivity index is 1.68. The van der Waals surface area contributed by atoms with Crippen molar-refractivity contribution in [1.82, 2.24) is 4.90 Å². The van der Waals surface area contributed by atoms with Crippen molar-refractivity contribution in [3.8, 4) is 11.5 Å². The van der Waals surface area contributed by atoms with Crippen molar-refractivity contribution in [1.29, 1.82) is 0 Å². The van der Waals surface area contributed by atoms with Gasteiger partial charge in [-0.15, -0.1) is 0 Å². The average molecular weight is 249 g/mol. The molecular weight excluding hydrogens is 234 g/mol. The van der Waals surface area contributed by atoms with Gasteiger partial charge in [0.1, 0.15) is 6.04 Å². The largest absolute Gasteiger partial charge is 0.468 e. The van der Waals surface area contributed by atoms with Crippen molar-refractivity contribution >= 4 is 5.97 Å². The van der Waals surface area contributed by atoms with Crippen LogP contribution in [0.4, 0.5) is 0 Å². The van der Waals surface area contributed by atoms with Gasteiger partial charge in [0, 0.05) is 13.1 Å². The summed E-state index contributed by atoms with van der Waals surface area (Å²) in [6.45, 7) is 1.94. The van der Waals surface area contributed by atoms with Crippen LogP contribution in [-0.2, 0) is 16.1 Å². The number of fused-ring (bicyclic) bond motifs is 1. The van der Waals surface area contributed by atoms with E-state index < -0.39 is 0 Å². The molecule has 3 rings (SSSR count). The first-order valence-electron chi connectivity index (χ1n) is 5.98. The van der Waals surface area contributed by atoms with E-state index in [4.69, 9.17) is 14.2 Å². The molecule has 2 aliphatic rings. The Labute approximate surface area is 105 Å². The minimum absolute atomic E-state index is 0.0968. The highest BCUT2D eigenvalue weighted by Crippen LogP contribution is 2.33. The number of hydrogen-bond donors (Lipinski definition) is 0. The number of ether oxygens (including phenoxy) is 3. The van der Waals surface area contributed by atoms with Crippen LogP contribution >= 0.6 is 0 Å². The summed E-state index contributed by atoms with van der Waals surface area (Å²) in [4.78, 5) is 13.6. The monoisotopic (exact) mass is 249 g/mol. The van der Waals surface area contributed by atoms with Gasteiger partial charge >= 0.3 is 5.97 Å². The lowest BCUT2D eigenvalue weighted by molar-refractivity contribution is -0.152. The molecule has 1 atom stereocenters. The molecule has 0 aliphatic carbocycles. The molecular formula is C13H15NO4. The van der Waals surface area contributed by atoms with Gasteiger partial charge in [0.15, 0.2) is 11.5 Å². The summed E-state index contributed by atoms with van der Waals surface area (Å²) in [5, 5.41) is 0. The summed E-state index contributed by atoms with van der Waals surface area (Å²) in [6, 6.07) is 5.78. The first kappa shape index (κ1) is 11.3. The summed E-state index contributed by atoms with van der Waals surface area (Å²) < 4.78 is 15.4. The summed E-state index contributed by atoms with van der Waals surface area (Å²) in [6.07, 6.45) is 0.872. The van der Waals surface area contributed by atoms with Gasteiger partial charge in [0.05, 0.1) is 7.11 Å². The average Bonchev–Trinajstić information content (AvgIpc) is 2.81. The maximum atomic E-state index is 11.5. The molecule has 5 nitrogen and oxygen atoms in total. The van der Waals surface area contributed by atoms with Gasteiger partial charge in [-0.05, 0) is 24.1 Å². The lowest BCUT2D eigenvalue weighted by Gasteiger charge is -2.38. The molecule has 0 spiro atoms. The van der Waals surface area contributed by atoms with Gasteiger partial charge in [0.2, 0.25) is 6.79 Å². The topological polar surface area (TPSA) is 48.0 Å². The highest BCUT2D eigenvalue weighted by atomic mass is 16.7. The van der Waals surface area contributed by atoms with E-state index in [1.54, 1.807) is 0 Å².